The Balaban J connectivity index is 1.37. The van der Waals surface area contributed by atoms with Gasteiger partial charge in [-0.25, -0.2) is 9.37 Å². The summed E-state index contributed by atoms with van der Waals surface area (Å²) in [6.45, 7) is 3.50. The summed E-state index contributed by atoms with van der Waals surface area (Å²) >= 11 is 1.39. The van der Waals surface area contributed by atoms with Gasteiger partial charge in [-0.1, -0.05) is 24.8 Å². The van der Waals surface area contributed by atoms with E-state index >= 15 is 0 Å². The van der Waals surface area contributed by atoms with Crippen LogP contribution in [-0.4, -0.2) is 28.0 Å². The number of thioether (sulfide) groups is 1. The molecule has 0 bridgehead atoms. The highest BCUT2D eigenvalue weighted by Crippen LogP contribution is 2.32. The third-order valence-corrected chi connectivity index (χ3v) is 5.66. The molecule has 1 aliphatic rings. The molecule has 2 aromatic carbocycles. The minimum absolute atomic E-state index is 0.0768. The number of ether oxygens (including phenoxy) is 2. The molecule has 0 unspecified atom stereocenters. The Morgan fingerprint density at radius 2 is 2.00 bits per heavy atom. The number of amides is 1. The van der Waals surface area contributed by atoms with E-state index in [4.69, 9.17) is 9.47 Å². The number of hydrogen-bond donors (Lipinski definition) is 1. The van der Waals surface area contributed by atoms with Crippen LogP contribution < -0.4 is 14.8 Å². The maximum Gasteiger partial charge on any atom is 0.231 e. The lowest BCUT2D eigenvalue weighted by Gasteiger charge is -2.11. The number of carbonyl (C=O) groups is 1. The fourth-order valence-corrected chi connectivity index (χ4v) is 4.03. The van der Waals surface area contributed by atoms with Crippen molar-refractivity contribution in [2.24, 2.45) is 0 Å². The van der Waals surface area contributed by atoms with E-state index in [0.29, 0.717) is 12.3 Å². The maximum absolute atomic E-state index is 13.2. The van der Waals surface area contributed by atoms with E-state index < -0.39 is 0 Å². The van der Waals surface area contributed by atoms with Gasteiger partial charge in [-0.15, -0.1) is 0 Å². The van der Waals surface area contributed by atoms with E-state index in [-0.39, 0.29) is 24.3 Å². The van der Waals surface area contributed by atoms with Gasteiger partial charge in [-0.05, 0) is 53.9 Å². The van der Waals surface area contributed by atoms with Crippen molar-refractivity contribution >= 4 is 17.7 Å². The number of nitrogens with zero attached hydrogens (tertiary/aromatic N) is 2. The van der Waals surface area contributed by atoms with Crippen molar-refractivity contribution in [3.63, 3.8) is 0 Å². The second-order valence-corrected chi connectivity index (χ2v) is 7.78. The summed E-state index contributed by atoms with van der Waals surface area (Å²) < 4.78 is 26.0. The summed E-state index contributed by atoms with van der Waals surface area (Å²) in [5, 5.41) is 3.69. The Kier molecular flexibility index (Phi) is 6.23. The van der Waals surface area contributed by atoms with Gasteiger partial charge in [0.25, 0.3) is 0 Å². The lowest BCUT2D eigenvalue weighted by Crippen LogP contribution is -2.24. The van der Waals surface area contributed by atoms with Crippen molar-refractivity contribution in [2.75, 3.05) is 12.5 Å². The smallest absolute Gasteiger partial charge is 0.231 e. The Morgan fingerprint density at radius 3 is 2.80 bits per heavy atom. The third kappa shape index (κ3) is 4.59. The van der Waals surface area contributed by atoms with Crippen LogP contribution in [0.3, 0.4) is 0 Å². The largest absolute Gasteiger partial charge is 0.454 e. The molecule has 8 heteroatoms. The number of nitrogens with one attached hydrogen (secondary N) is 1. The van der Waals surface area contributed by atoms with Crippen molar-refractivity contribution < 1.29 is 18.7 Å². The molecule has 2 heterocycles. The molecule has 3 aromatic rings. The topological polar surface area (TPSA) is 65.4 Å². The fourth-order valence-electron chi connectivity index (χ4n) is 3.20. The van der Waals surface area contributed by atoms with Gasteiger partial charge in [0, 0.05) is 13.1 Å². The molecule has 0 fully saturated rings. The van der Waals surface area contributed by atoms with Gasteiger partial charge < -0.3 is 19.4 Å². The van der Waals surface area contributed by atoms with Gasteiger partial charge >= 0.3 is 0 Å². The zero-order valence-electron chi connectivity index (χ0n) is 16.6. The van der Waals surface area contributed by atoms with Gasteiger partial charge in [0.05, 0.1) is 17.6 Å². The highest BCUT2D eigenvalue weighted by Gasteiger charge is 2.15. The van der Waals surface area contributed by atoms with Crippen LogP contribution in [0.1, 0.15) is 18.9 Å². The standard InChI is InChI=1S/C22H22FN3O3S/c1-2-9-26-18(16-4-6-17(23)7-5-16)12-25-22(26)30-13-21(27)24-11-15-3-8-19-20(10-15)29-14-28-19/h3-8,10,12H,2,9,11,13-14H2,1H3,(H,24,27). The normalized spacial score (nSPS) is 12.2. The summed E-state index contributed by atoms with van der Waals surface area (Å²) in [5.74, 6) is 1.33. The molecule has 0 atom stereocenters. The van der Waals surface area contributed by atoms with Crippen LogP contribution in [0.25, 0.3) is 11.3 Å². The predicted octanol–water partition coefficient (Wildman–Crippen LogP) is 4.24. The van der Waals surface area contributed by atoms with E-state index in [0.717, 1.165) is 40.7 Å². The van der Waals surface area contributed by atoms with E-state index in [1.54, 1.807) is 18.3 Å². The first-order valence-electron chi connectivity index (χ1n) is 9.73. The summed E-state index contributed by atoms with van der Waals surface area (Å²) in [6.07, 6.45) is 2.70. The number of imidazole rings is 1. The molecule has 1 N–H and O–H groups in total. The van der Waals surface area contributed by atoms with Gasteiger partial charge in [0.15, 0.2) is 16.7 Å². The second-order valence-electron chi connectivity index (χ2n) is 6.84. The SMILES string of the molecule is CCCn1c(-c2ccc(F)cc2)cnc1SCC(=O)NCc1ccc2c(c1)OCO2. The minimum atomic E-state index is -0.269. The monoisotopic (exact) mass is 427 g/mol. The van der Waals surface area contributed by atoms with E-state index in [2.05, 4.69) is 21.8 Å². The number of carbonyl (C=O) groups excluding carboxylic acids is 1. The average Bonchev–Trinajstić information content (AvgIpc) is 3.38. The van der Waals surface area contributed by atoms with Crippen LogP contribution in [0.4, 0.5) is 4.39 Å². The summed E-state index contributed by atoms with van der Waals surface area (Å²) in [7, 11) is 0. The Bertz CT molecular complexity index is 1040. The van der Waals surface area contributed by atoms with Crippen LogP contribution >= 0.6 is 11.8 Å². The first kappa shape index (κ1) is 20.3. The lowest BCUT2D eigenvalue weighted by atomic mass is 10.1. The summed E-state index contributed by atoms with van der Waals surface area (Å²) in [4.78, 5) is 16.8. The summed E-state index contributed by atoms with van der Waals surface area (Å²) in [5.41, 5.74) is 2.76. The second kappa shape index (κ2) is 9.21. The van der Waals surface area contributed by atoms with Crippen molar-refractivity contribution in [1.29, 1.82) is 0 Å². The van der Waals surface area contributed by atoms with Gasteiger partial charge in [0.2, 0.25) is 12.7 Å². The van der Waals surface area contributed by atoms with E-state index in [1.165, 1.54) is 23.9 Å². The predicted molar refractivity (Wildman–Crippen MR) is 113 cm³/mol. The Labute approximate surface area is 178 Å². The van der Waals surface area contributed by atoms with Crippen LogP contribution in [0.15, 0.2) is 53.8 Å². The molecule has 1 aromatic heterocycles. The quantitative estimate of drug-likeness (QED) is 0.545. The number of halogens is 1. The van der Waals surface area contributed by atoms with Crippen molar-refractivity contribution in [1.82, 2.24) is 14.9 Å². The van der Waals surface area contributed by atoms with E-state index in [9.17, 15) is 9.18 Å². The fraction of sp³-hybridized carbons (Fsp3) is 0.273. The molecule has 0 aliphatic carbocycles. The number of rotatable bonds is 8. The first-order chi connectivity index (χ1) is 14.6. The zero-order chi connectivity index (χ0) is 20.9. The highest BCUT2D eigenvalue weighted by atomic mass is 32.2. The van der Waals surface area contributed by atoms with Crippen LogP contribution in [0.2, 0.25) is 0 Å². The third-order valence-electron chi connectivity index (χ3n) is 4.67. The zero-order valence-corrected chi connectivity index (χ0v) is 17.4. The minimum Gasteiger partial charge on any atom is -0.454 e. The lowest BCUT2D eigenvalue weighted by molar-refractivity contribution is -0.118. The molecular weight excluding hydrogens is 405 g/mol. The van der Waals surface area contributed by atoms with Gasteiger partial charge in [-0.2, -0.15) is 0 Å². The molecule has 1 aliphatic heterocycles. The highest BCUT2D eigenvalue weighted by molar-refractivity contribution is 7.99. The molecule has 0 radical (unpaired) electrons. The molecule has 0 saturated carbocycles. The molecule has 4 rings (SSSR count). The average molecular weight is 428 g/mol. The van der Waals surface area contributed by atoms with Crippen molar-refractivity contribution in [3.05, 3.63) is 60.0 Å². The summed E-state index contributed by atoms with van der Waals surface area (Å²) in [6, 6.07) is 12.0. The Morgan fingerprint density at radius 1 is 1.20 bits per heavy atom. The molecule has 6 nitrogen and oxygen atoms in total. The first-order valence-corrected chi connectivity index (χ1v) is 10.7. The van der Waals surface area contributed by atoms with Crippen molar-refractivity contribution in [2.45, 2.75) is 31.6 Å². The van der Waals surface area contributed by atoms with Crippen LogP contribution in [-0.2, 0) is 17.9 Å². The molecule has 156 valence electrons. The molecule has 30 heavy (non-hydrogen) atoms. The number of benzene rings is 2. The van der Waals surface area contributed by atoms with Crippen molar-refractivity contribution in [3.8, 4) is 22.8 Å². The van der Waals surface area contributed by atoms with Gasteiger partial charge in [0.1, 0.15) is 5.82 Å². The maximum atomic E-state index is 13.2. The van der Waals surface area contributed by atoms with Crippen LogP contribution in [0.5, 0.6) is 11.5 Å². The number of aromatic nitrogens is 2. The van der Waals surface area contributed by atoms with Crippen LogP contribution in [0, 0.1) is 5.82 Å². The molecular formula is C22H22FN3O3S. The Hall–Kier alpha value is -3.00. The number of hydrogen-bond acceptors (Lipinski definition) is 5. The molecule has 0 saturated heterocycles. The number of fused-ring (bicyclic) bond motifs is 1. The van der Waals surface area contributed by atoms with Gasteiger partial charge in [-0.3, -0.25) is 4.79 Å². The molecule has 0 spiro atoms. The van der Waals surface area contributed by atoms with E-state index in [1.807, 2.05) is 18.2 Å². The molecule has 1 amide bonds.